The highest BCUT2D eigenvalue weighted by molar-refractivity contribution is 6.30. The molecule has 1 unspecified atom stereocenters. The highest BCUT2D eigenvalue weighted by Crippen LogP contribution is 2.33. The summed E-state index contributed by atoms with van der Waals surface area (Å²) in [7, 11) is 0. The van der Waals surface area contributed by atoms with Crippen molar-refractivity contribution >= 4 is 17.2 Å². The van der Waals surface area contributed by atoms with Gasteiger partial charge in [-0.15, -0.1) is 0 Å². The van der Waals surface area contributed by atoms with Gasteiger partial charge in [-0.05, 0) is 45.4 Å². The van der Waals surface area contributed by atoms with Gasteiger partial charge < -0.3 is 4.40 Å². The van der Waals surface area contributed by atoms with Gasteiger partial charge in [-0.1, -0.05) is 11.6 Å². The van der Waals surface area contributed by atoms with Crippen molar-refractivity contribution < 1.29 is 0 Å². The summed E-state index contributed by atoms with van der Waals surface area (Å²) in [5, 5.41) is 0.742. The fraction of sp³-hybridized carbons (Fsp3) is 0.500. The van der Waals surface area contributed by atoms with Crippen molar-refractivity contribution in [2.75, 3.05) is 6.54 Å². The molecule has 4 heteroatoms. The van der Waals surface area contributed by atoms with Crippen molar-refractivity contribution in [1.82, 2.24) is 14.3 Å². The summed E-state index contributed by atoms with van der Waals surface area (Å²) < 4.78 is 2.05. The van der Waals surface area contributed by atoms with Gasteiger partial charge in [0.25, 0.3) is 0 Å². The molecule has 0 saturated carbocycles. The van der Waals surface area contributed by atoms with Gasteiger partial charge >= 0.3 is 0 Å². The first-order valence-electron chi connectivity index (χ1n) is 6.55. The van der Waals surface area contributed by atoms with Crippen LogP contribution in [0.4, 0.5) is 0 Å². The van der Waals surface area contributed by atoms with Crippen LogP contribution in [0.1, 0.15) is 38.4 Å². The Kier molecular flexibility index (Phi) is 3.04. The standard InChI is InChI=1S/C14H18ClN3/c1-10(2)18-6-3-4-13(18)12-9-17-7-5-11(15)8-14(17)16-12/h5,7-10,13H,3-4,6H2,1-2H3. The van der Waals surface area contributed by atoms with Gasteiger partial charge in [-0.25, -0.2) is 4.98 Å². The van der Waals surface area contributed by atoms with Gasteiger partial charge in [0.2, 0.25) is 0 Å². The minimum Gasteiger partial charge on any atom is -0.307 e. The van der Waals surface area contributed by atoms with E-state index >= 15 is 0 Å². The van der Waals surface area contributed by atoms with Crippen LogP contribution in [0.15, 0.2) is 24.5 Å². The van der Waals surface area contributed by atoms with Crippen LogP contribution in [-0.2, 0) is 0 Å². The Balaban J connectivity index is 1.98. The normalized spacial score (nSPS) is 21.2. The molecule has 96 valence electrons. The monoisotopic (exact) mass is 263 g/mol. The van der Waals surface area contributed by atoms with Crippen LogP contribution in [-0.4, -0.2) is 26.9 Å². The smallest absolute Gasteiger partial charge is 0.138 e. The number of imidazole rings is 1. The van der Waals surface area contributed by atoms with Crippen molar-refractivity contribution in [1.29, 1.82) is 0 Å². The van der Waals surface area contributed by atoms with Crippen molar-refractivity contribution in [2.45, 2.75) is 38.8 Å². The molecular formula is C14H18ClN3. The number of hydrogen-bond donors (Lipinski definition) is 0. The Labute approximate surface area is 112 Å². The van der Waals surface area contributed by atoms with Crippen LogP contribution in [0.25, 0.3) is 5.65 Å². The number of rotatable bonds is 2. The Bertz CT molecular complexity index is 561. The fourth-order valence-electron chi connectivity index (χ4n) is 2.86. The molecular weight excluding hydrogens is 246 g/mol. The quantitative estimate of drug-likeness (QED) is 0.826. The Morgan fingerprint density at radius 1 is 1.44 bits per heavy atom. The summed E-state index contributed by atoms with van der Waals surface area (Å²) in [6.07, 6.45) is 6.58. The number of fused-ring (bicyclic) bond motifs is 1. The molecule has 0 amide bonds. The molecule has 0 bridgehead atoms. The predicted octanol–water partition coefficient (Wildman–Crippen LogP) is 3.53. The Morgan fingerprint density at radius 3 is 3.06 bits per heavy atom. The first-order chi connectivity index (χ1) is 8.65. The van der Waals surface area contributed by atoms with Gasteiger partial charge in [0.15, 0.2) is 0 Å². The molecule has 18 heavy (non-hydrogen) atoms. The van der Waals surface area contributed by atoms with Crippen LogP contribution in [0, 0.1) is 0 Å². The highest BCUT2D eigenvalue weighted by Gasteiger charge is 2.29. The summed E-state index contributed by atoms with van der Waals surface area (Å²) in [4.78, 5) is 7.26. The van der Waals surface area contributed by atoms with Gasteiger partial charge in [-0.2, -0.15) is 0 Å². The molecule has 1 aliphatic heterocycles. The molecule has 3 heterocycles. The lowest BCUT2D eigenvalue weighted by Crippen LogP contribution is -2.30. The lowest BCUT2D eigenvalue weighted by atomic mass is 10.1. The zero-order chi connectivity index (χ0) is 12.7. The van der Waals surface area contributed by atoms with E-state index in [1.807, 2.05) is 18.3 Å². The summed E-state index contributed by atoms with van der Waals surface area (Å²) >= 11 is 6.00. The van der Waals surface area contributed by atoms with E-state index in [0.29, 0.717) is 12.1 Å². The number of hydrogen-bond acceptors (Lipinski definition) is 2. The van der Waals surface area contributed by atoms with Gasteiger partial charge in [0, 0.05) is 23.5 Å². The molecule has 2 aromatic rings. The van der Waals surface area contributed by atoms with Crippen molar-refractivity contribution in [2.24, 2.45) is 0 Å². The van der Waals surface area contributed by atoms with E-state index in [1.54, 1.807) is 0 Å². The van der Waals surface area contributed by atoms with E-state index in [-0.39, 0.29) is 0 Å². The molecule has 3 nitrogen and oxygen atoms in total. The molecule has 0 aliphatic carbocycles. The van der Waals surface area contributed by atoms with Crippen LogP contribution >= 0.6 is 11.6 Å². The zero-order valence-electron chi connectivity index (χ0n) is 10.8. The summed E-state index contributed by atoms with van der Waals surface area (Å²) in [5.74, 6) is 0. The van der Waals surface area contributed by atoms with Crippen molar-refractivity contribution in [3.8, 4) is 0 Å². The second-order valence-electron chi connectivity index (χ2n) is 5.27. The third-order valence-electron chi connectivity index (χ3n) is 3.74. The molecule has 0 N–H and O–H groups in total. The molecule has 2 aromatic heterocycles. The van der Waals surface area contributed by atoms with Crippen LogP contribution in [0.2, 0.25) is 5.02 Å². The molecule has 0 aromatic carbocycles. The topological polar surface area (TPSA) is 20.5 Å². The molecule has 1 saturated heterocycles. The minimum atomic E-state index is 0.462. The first kappa shape index (κ1) is 12.0. The number of halogens is 1. The summed E-state index contributed by atoms with van der Waals surface area (Å²) in [5.41, 5.74) is 2.11. The first-order valence-corrected chi connectivity index (χ1v) is 6.93. The van der Waals surface area contributed by atoms with Gasteiger partial charge in [0.05, 0.1) is 11.7 Å². The number of pyridine rings is 1. The lowest BCUT2D eigenvalue weighted by Gasteiger charge is -2.26. The molecule has 0 radical (unpaired) electrons. The molecule has 0 spiro atoms. The van der Waals surface area contributed by atoms with Crippen molar-refractivity contribution in [3.63, 3.8) is 0 Å². The Morgan fingerprint density at radius 2 is 2.28 bits per heavy atom. The average molecular weight is 264 g/mol. The van der Waals surface area contributed by atoms with E-state index in [9.17, 15) is 0 Å². The van der Waals surface area contributed by atoms with E-state index < -0.39 is 0 Å². The van der Waals surface area contributed by atoms with Crippen LogP contribution in [0.3, 0.4) is 0 Å². The lowest BCUT2D eigenvalue weighted by molar-refractivity contribution is 0.202. The zero-order valence-corrected chi connectivity index (χ0v) is 11.6. The largest absolute Gasteiger partial charge is 0.307 e. The minimum absolute atomic E-state index is 0.462. The Hall–Kier alpha value is -1.06. The SMILES string of the molecule is CC(C)N1CCCC1c1cn2ccc(Cl)cc2n1. The second kappa shape index (κ2) is 4.56. The van der Waals surface area contributed by atoms with E-state index in [2.05, 4.69) is 29.3 Å². The van der Waals surface area contributed by atoms with Crippen LogP contribution in [0.5, 0.6) is 0 Å². The predicted molar refractivity (Wildman–Crippen MR) is 74.0 cm³/mol. The molecule has 1 atom stereocenters. The van der Waals surface area contributed by atoms with Gasteiger partial charge in [-0.3, -0.25) is 4.90 Å². The second-order valence-corrected chi connectivity index (χ2v) is 5.70. The third kappa shape index (κ3) is 2.02. The number of nitrogens with zero attached hydrogens (tertiary/aromatic N) is 3. The van der Waals surface area contributed by atoms with Crippen molar-refractivity contribution in [3.05, 3.63) is 35.2 Å². The summed E-state index contributed by atoms with van der Waals surface area (Å²) in [6.45, 7) is 5.69. The maximum atomic E-state index is 6.00. The third-order valence-corrected chi connectivity index (χ3v) is 3.97. The van der Waals surface area contributed by atoms with E-state index in [0.717, 1.165) is 10.7 Å². The molecule has 1 fully saturated rings. The number of aromatic nitrogens is 2. The fourth-order valence-corrected chi connectivity index (χ4v) is 3.02. The summed E-state index contributed by atoms with van der Waals surface area (Å²) in [6, 6.07) is 4.85. The van der Waals surface area contributed by atoms with Crippen LogP contribution < -0.4 is 0 Å². The van der Waals surface area contributed by atoms with E-state index in [4.69, 9.17) is 16.6 Å². The maximum Gasteiger partial charge on any atom is 0.138 e. The van der Waals surface area contributed by atoms with E-state index in [1.165, 1.54) is 25.1 Å². The average Bonchev–Trinajstić information content (AvgIpc) is 2.93. The van der Waals surface area contributed by atoms with Gasteiger partial charge in [0.1, 0.15) is 5.65 Å². The molecule has 1 aliphatic rings. The number of likely N-dealkylation sites (tertiary alicyclic amines) is 1. The maximum absolute atomic E-state index is 6.00. The highest BCUT2D eigenvalue weighted by atomic mass is 35.5. The molecule has 3 rings (SSSR count).